The van der Waals surface area contributed by atoms with Gasteiger partial charge in [-0.05, 0) is 25.7 Å². The molecule has 0 bridgehead atoms. The summed E-state index contributed by atoms with van der Waals surface area (Å²) in [5.41, 5.74) is 0. The van der Waals surface area contributed by atoms with Gasteiger partial charge in [-0.15, -0.1) is 0 Å². The average Bonchev–Trinajstić information content (AvgIpc) is 2.26. The van der Waals surface area contributed by atoms with Gasteiger partial charge in [-0.3, -0.25) is 0 Å². The molecule has 0 radical (unpaired) electrons. The van der Waals surface area contributed by atoms with Crippen LogP contribution in [-0.4, -0.2) is 23.1 Å². The zero-order valence-corrected chi connectivity index (χ0v) is 10.7. The Balaban J connectivity index is 2.13. The molecule has 7 heteroatoms. The maximum absolute atomic E-state index is 12.7. The molecule has 0 amide bonds. The lowest BCUT2D eigenvalue weighted by molar-refractivity contribution is -0.144. The van der Waals surface area contributed by atoms with Crippen LogP contribution < -0.4 is 10.6 Å². The van der Waals surface area contributed by atoms with E-state index >= 15 is 0 Å². The highest BCUT2D eigenvalue weighted by Crippen LogP contribution is 2.29. The molecule has 1 aliphatic carbocycles. The Labute approximate surface area is 109 Å². The van der Waals surface area contributed by atoms with Gasteiger partial charge in [-0.25, -0.2) is 9.97 Å². The van der Waals surface area contributed by atoms with E-state index in [4.69, 9.17) is 0 Å². The third kappa shape index (κ3) is 3.71. The lowest BCUT2D eigenvalue weighted by Crippen LogP contribution is -2.22. The van der Waals surface area contributed by atoms with Crippen molar-refractivity contribution in [3.05, 3.63) is 11.9 Å². The summed E-state index contributed by atoms with van der Waals surface area (Å²) in [7, 11) is 0. The molecule has 0 atom stereocenters. The predicted molar refractivity (Wildman–Crippen MR) is 67.0 cm³/mol. The van der Waals surface area contributed by atoms with Crippen molar-refractivity contribution in [2.75, 3.05) is 23.7 Å². The average molecular weight is 274 g/mol. The monoisotopic (exact) mass is 274 g/mol. The number of aromatic nitrogens is 2. The highest BCUT2D eigenvalue weighted by atomic mass is 19.4. The Morgan fingerprint density at radius 3 is 2.32 bits per heavy atom. The quantitative estimate of drug-likeness (QED) is 0.866. The van der Waals surface area contributed by atoms with Crippen molar-refractivity contribution in [1.82, 2.24) is 9.97 Å². The molecule has 0 aliphatic heterocycles. The minimum Gasteiger partial charge on any atom is -0.370 e. The third-order valence-corrected chi connectivity index (χ3v) is 3.13. The highest BCUT2D eigenvalue weighted by molar-refractivity contribution is 5.47. The van der Waals surface area contributed by atoms with Crippen LogP contribution in [0.4, 0.5) is 24.8 Å². The van der Waals surface area contributed by atoms with Crippen molar-refractivity contribution in [3.63, 3.8) is 0 Å². The summed E-state index contributed by atoms with van der Waals surface area (Å²) < 4.78 is 38.1. The topological polar surface area (TPSA) is 49.8 Å². The molecular weight excluding hydrogens is 257 g/mol. The lowest BCUT2D eigenvalue weighted by atomic mass is 9.85. The first-order chi connectivity index (χ1) is 8.99. The van der Waals surface area contributed by atoms with Crippen LogP contribution in [0.2, 0.25) is 0 Å². The normalized spacial score (nSPS) is 16.0. The molecule has 2 rings (SSSR count). The molecule has 106 valence electrons. The summed E-state index contributed by atoms with van der Waals surface area (Å²) in [6.45, 7) is 2.98. The van der Waals surface area contributed by atoms with E-state index in [1.165, 1.54) is 12.5 Å². The fraction of sp³-hybridized carbons (Fsp3) is 0.667. The van der Waals surface area contributed by atoms with E-state index in [0.29, 0.717) is 19.0 Å². The van der Waals surface area contributed by atoms with Crippen LogP contribution in [0.1, 0.15) is 32.0 Å². The summed E-state index contributed by atoms with van der Waals surface area (Å²) >= 11 is 0. The SMILES string of the molecule is CCNc1cc(NCC2CCC2)nc(C(F)(F)F)n1. The van der Waals surface area contributed by atoms with E-state index < -0.39 is 12.0 Å². The molecule has 2 N–H and O–H groups in total. The fourth-order valence-electron chi connectivity index (χ4n) is 1.88. The summed E-state index contributed by atoms with van der Waals surface area (Å²) in [6.07, 6.45) is -1.07. The van der Waals surface area contributed by atoms with E-state index in [2.05, 4.69) is 20.6 Å². The van der Waals surface area contributed by atoms with Crippen LogP contribution in [0, 0.1) is 5.92 Å². The first-order valence-corrected chi connectivity index (χ1v) is 6.43. The Kier molecular flexibility index (Phi) is 4.11. The van der Waals surface area contributed by atoms with Crippen LogP contribution in [0.15, 0.2) is 6.07 Å². The molecule has 0 unspecified atom stereocenters. The van der Waals surface area contributed by atoms with E-state index in [-0.39, 0.29) is 11.6 Å². The maximum atomic E-state index is 12.7. The largest absolute Gasteiger partial charge is 0.451 e. The zero-order valence-electron chi connectivity index (χ0n) is 10.7. The van der Waals surface area contributed by atoms with Crippen molar-refractivity contribution >= 4 is 11.6 Å². The standard InChI is InChI=1S/C12H17F3N4/c1-2-16-9-6-10(17-7-8-4-3-5-8)19-11(18-9)12(13,14)15/h6,8H,2-5,7H2,1H3,(H2,16,17,18,19). The van der Waals surface area contributed by atoms with Crippen molar-refractivity contribution in [2.45, 2.75) is 32.4 Å². The number of hydrogen-bond donors (Lipinski definition) is 2. The first kappa shape index (κ1) is 13.9. The molecule has 4 nitrogen and oxygen atoms in total. The molecule has 1 heterocycles. The van der Waals surface area contributed by atoms with Gasteiger partial charge in [0.25, 0.3) is 0 Å². The Bertz CT molecular complexity index is 429. The van der Waals surface area contributed by atoms with E-state index in [1.807, 2.05) is 0 Å². The number of halogens is 3. The minimum absolute atomic E-state index is 0.195. The molecule has 1 aromatic heterocycles. The first-order valence-electron chi connectivity index (χ1n) is 6.43. The summed E-state index contributed by atoms with van der Waals surface area (Å²) in [5, 5.41) is 5.75. The summed E-state index contributed by atoms with van der Waals surface area (Å²) in [4.78, 5) is 7.00. The van der Waals surface area contributed by atoms with E-state index in [1.54, 1.807) is 6.92 Å². The van der Waals surface area contributed by atoms with E-state index in [0.717, 1.165) is 12.8 Å². The third-order valence-electron chi connectivity index (χ3n) is 3.13. The molecule has 1 saturated carbocycles. The molecule has 1 aliphatic rings. The number of nitrogens with one attached hydrogen (secondary N) is 2. The smallest absolute Gasteiger partial charge is 0.370 e. The Morgan fingerprint density at radius 2 is 1.84 bits per heavy atom. The Morgan fingerprint density at radius 1 is 1.21 bits per heavy atom. The summed E-state index contributed by atoms with van der Waals surface area (Å²) in [6, 6.07) is 1.51. The second kappa shape index (κ2) is 5.63. The summed E-state index contributed by atoms with van der Waals surface area (Å²) in [5.74, 6) is -0.139. The minimum atomic E-state index is -4.53. The number of rotatable bonds is 5. The molecule has 0 aromatic carbocycles. The molecule has 0 spiro atoms. The maximum Gasteiger partial charge on any atom is 0.451 e. The second-order valence-electron chi connectivity index (χ2n) is 4.67. The van der Waals surface area contributed by atoms with Crippen molar-refractivity contribution in [3.8, 4) is 0 Å². The number of alkyl halides is 3. The van der Waals surface area contributed by atoms with Gasteiger partial charge in [0.15, 0.2) is 0 Å². The van der Waals surface area contributed by atoms with Gasteiger partial charge in [0.05, 0.1) is 0 Å². The van der Waals surface area contributed by atoms with Crippen molar-refractivity contribution in [2.24, 2.45) is 5.92 Å². The van der Waals surface area contributed by atoms with Gasteiger partial charge >= 0.3 is 6.18 Å². The molecule has 0 saturated heterocycles. The van der Waals surface area contributed by atoms with Crippen LogP contribution in [-0.2, 0) is 6.18 Å². The van der Waals surface area contributed by atoms with Crippen LogP contribution in [0.5, 0.6) is 0 Å². The van der Waals surface area contributed by atoms with Gasteiger partial charge in [0, 0.05) is 19.2 Å². The predicted octanol–water partition coefficient (Wildman–Crippen LogP) is 3.14. The van der Waals surface area contributed by atoms with Crippen molar-refractivity contribution in [1.29, 1.82) is 0 Å². The Hall–Kier alpha value is -1.53. The fourth-order valence-corrected chi connectivity index (χ4v) is 1.88. The van der Waals surface area contributed by atoms with Crippen molar-refractivity contribution < 1.29 is 13.2 Å². The van der Waals surface area contributed by atoms with Gasteiger partial charge in [0.1, 0.15) is 11.6 Å². The van der Waals surface area contributed by atoms with Gasteiger partial charge < -0.3 is 10.6 Å². The highest BCUT2D eigenvalue weighted by Gasteiger charge is 2.35. The van der Waals surface area contributed by atoms with Gasteiger partial charge in [-0.2, -0.15) is 13.2 Å². The number of nitrogens with zero attached hydrogens (tertiary/aromatic N) is 2. The van der Waals surface area contributed by atoms with Crippen LogP contribution in [0.25, 0.3) is 0 Å². The second-order valence-corrected chi connectivity index (χ2v) is 4.67. The molecule has 1 aromatic rings. The van der Waals surface area contributed by atoms with Crippen LogP contribution in [0.3, 0.4) is 0 Å². The van der Waals surface area contributed by atoms with Gasteiger partial charge in [0.2, 0.25) is 5.82 Å². The molecule has 19 heavy (non-hydrogen) atoms. The zero-order chi connectivity index (χ0) is 13.9. The van der Waals surface area contributed by atoms with Gasteiger partial charge in [-0.1, -0.05) is 6.42 Å². The molecule has 1 fully saturated rings. The van der Waals surface area contributed by atoms with Crippen LogP contribution >= 0.6 is 0 Å². The molecular formula is C12H17F3N4. The lowest BCUT2D eigenvalue weighted by Gasteiger charge is -2.25. The number of hydrogen-bond acceptors (Lipinski definition) is 4. The van der Waals surface area contributed by atoms with E-state index in [9.17, 15) is 13.2 Å². The number of anilines is 2.